The first-order chi connectivity index (χ1) is 5.27. The second kappa shape index (κ2) is 4.07. The van der Waals surface area contributed by atoms with Gasteiger partial charge < -0.3 is 10.6 Å². The molecule has 0 bridgehead atoms. The van der Waals surface area contributed by atoms with E-state index in [9.17, 15) is 0 Å². The third-order valence-corrected chi connectivity index (χ3v) is 2.59. The standard InChI is InChI=1S/C9H20N2/c1-3-11(4-2)7-9(10)8-5-6-8/h8-9H,3-7,10H2,1-2H3. The van der Waals surface area contributed by atoms with Crippen LogP contribution in [-0.4, -0.2) is 30.6 Å². The van der Waals surface area contributed by atoms with Gasteiger partial charge in [0.1, 0.15) is 0 Å². The van der Waals surface area contributed by atoms with E-state index in [0.29, 0.717) is 6.04 Å². The molecule has 66 valence electrons. The molecule has 11 heavy (non-hydrogen) atoms. The monoisotopic (exact) mass is 156 g/mol. The fourth-order valence-corrected chi connectivity index (χ4v) is 1.45. The molecule has 2 N–H and O–H groups in total. The highest BCUT2D eigenvalue weighted by Gasteiger charge is 2.28. The van der Waals surface area contributed by atoms with Gasteiger partial charge in [0.05, 0.1) is 0 Å². The lowest BCUT2D eigenvalue weighted by atomic mass is 10.2. The highest BCUT2D eigenvalue weighted by Crippen LogP contribution is 2.31. The van der Waals surface area contributed by atoms with Crippen LogP contribution < -0.4 is 5.73 Å². The molecule has 1 unspecified atom stereocenters. The molecule has 1 aliphatic rings. The zero-order valence-corrected chi connectivity index (χ0v) is 7.71. The van der Waals surface area contributed by atoms with Crippen molar-refractivity contribution in [2.45, 2.75) is 32.7 Å². The van der Waals surface area contributed by atoms with Crippen molar-refractivity contribution >= 4 is 0 Å². The van der Waals surface area contributed by atoms with E-state index in [-0.39, 0.29) is 0 Å². The van der Waals surface area contributed by atoms with Crippen molar-refractivity contribution in [3.8, 4) is 0 Å². The summed E-state index contributed by atoms with van der Waals surface area (Å²) in [5, 5.41) is 0. The summed E-state index contributed by atoms with van der Waals surface area (Å²) in [5.74, 6) is 0.843. The molecule has 1 fully saturated rings. The number of likely N-dealkylation sites (N-methyl/N-ethyl adjacent to an activating group) is 1. The minimum Gasteiger partial charge on any atom is -0.326 e. The third-order valence-electron chi connectivity index (χ3n) is 2.59. The van der Waals surface area contributed by atoms with Crippen molar-refractivity contribution < 1.29 is 0 Å². The van der Waals surface area contributed by atoms with Gasteiger partial charge in [-0.25, -0.2) is 0 Å². The molecule has 0 aromatic rings. The number of hydrogen-bond acceptors (Lipinski definition) is 2. The van der Waals surface area contributed by atoms with Crippen LogP contribution in [0.15, 0.2) is 0 Å². The van der Waals surface area contributed by atoms with E-state index in [1.54, 1.807) is 0 Å². The van der Waals surface area contributed by atoms with Crippen molar-refractivity contribution in [3.63, 3.8) is 0 Å². The average molecular weight is 156 g/mol. The number of nitrogens with two attached hydrogens (primary N) is 1. The molecular formula is C9H20N2. The van der Waals surface area contributed by atoms with E-state index in [1.807, 2.05) is 0 Å². The lowest BCUT2D eigenvalue weighted by molar-refractivity contribution is 0.273. The molecule has 2 nitrogen and oxygen atoms in total. The van der Waals surface area contributed by atoms with Gasteiger partial charge >= 0.3 is 0 Å². The zero-order chi connectivity index (χ0) is 8.27. The van der Waals surface area contributed by atoms with Gasteiger partial charge in [0.15, 0.2) is 0 Å². The minimum atomic E-state index is 0.440. The fraction of sp³-hybridized carbons (Fsp3) is 1.00. The average Bonchev–Trinajstić information content (AvgIpc) is 2.81. The summed E-state index contributed by atoms with van der Waals surface area (Å²) in [6, 6.07) is 0.440. The Morgan fingerprint density at radius 2 is 1.91 bits per heavy atom. The number of rotatable bonds is 5. The van der Waals surface area contributed by atoms with E-state index in [2.05, 4.69) is 18.7 Å². The molecule has 1 atom stereocenters. The molecule has 0 aromatic carbocycles. The molecule has 0 radical (unpaired) electrons. The van der Waals surface area contributed by atoms with Crippen LogP contribution in [0.4, 0.5) is 0 Å². The molecule has 1 saturated carbocycles. The SMILES string of the molecule is CCN(CC)CC(N)C1CC1. The molecule has 0 amide bonds. The second-order valence-electron chi connectivity index (χ2n) is 3.49. The Labute approximate surface area is 69.8 Å². The topological polar surface area (TPSA) is 29.3 Å². The Balaban J connectivity index is 2.15. The normalized spacial score (nSPS) is 20.7. The van der Waals surface area contributed by atoms with Gasteiger partial charge in [-0.05, 0) is 31.8 Å². The van der Waals surface area contributed by atoms with Gasteiger partial charge in [-0.3, -0.25) is 0 Å². The molecule has 2 heteroatoms. The van der Waals surface area contributed by atoms with Crippen LogP contribution in [0.3, 0.4) is 0 Å². The maximum Gasteiger partial charge on any atom is 0.0196 e. The van der Waals surface area contributed by atoms with Crippen molar-refractivity contribution in [3.05, 3.63) is 0 Å². The largest absolute Gasteiger partial charge is 0.326 e. The highest BCUT2D eigenvalue weighted by molar-refractivity contribution is 4.85. The van der Waals surface area contributed by atoms with Crippen LogP contribution in [0.1, 0.15) is 26.7 Å². The van der Waals surface area contributed by atoms with E-state index in [0.717, 1.165) is 25.6 Å². The third kappa shape index (κ3) is 2.80. The molecule has 0 spiro atoms. The van der Waals surface area contributed by atoms with Gasteiger partial charge in [-0.2, -0.15) is 0 Å². The molecule has 0 saturated heterocycles. The Kier molecular flexibility index (Phi) is 3.34. The molecule has 1 aliphatic carbocycles. The Hall–Kier alpha value is -0.0800. The Bertz CT molecular complexity index is 106. The summed E-state index contributed by atoms with van der Waals surface area (Å²) < 4.78 is 0. The van der Waals surface area contributed by atoms with Gasteiger partial charge in [0.25, 0.3) is 0 Å². The predicted molar refractivity (Wildman–Crippen MR) is 48.5 cm³/mol. The first-order valence-corrected chi connectivity index (χ1v) is 4.75. The minimum absolute atomic E-state index is 0.440. The lowest BCUT2D eigenvalue weighted by Crippen LogP contribution is -2.38. The number of nitrogens with zero attached hydrogens (tertiary/aromatic N) is 1. The van der Waals surface area contributed by atoms with Gasteiger partial charge in [-0.15, -0.1) is 0 Å². The summed E-state index contributed by atoms with van der Waals surface area (Å²) in [4.78, 5) is 2.41. The zero-order valence-electron chi connectivity index (χ0n) is 7.71. The Morgan fingerprint density at radius 3 is 2.27 bits per heavy atom. The summed E-state index contributed by atoms with van der Waals surface area (Å²) in [7, 11) is 0. The van der Waals surface area contributed by atoms with Crippen molar-refractivity contribution in [1.82, 2.24) is 4.90 Å². The fourth-order valence-electron chi connectivity index (χ4n) is 1.45. The quantitative estimate of drug-likeness (QED) is 0.645. The summed E-state index contributed by atoms with van der Waals surface area (Å²) in [5.41, 5.74) is 5.99. The van der Waals surface area contributed by atoms with Crippen LogP contribution in [0.2, 0.25) is 0 Å². The maximum absolute atomic E-state index is 5.99. The molecular weight excluding hydrogens is 136 g/mol. The first-order valence-electron chi connectivity index (χ1n) is 4.75. The smallest absolute Gasteiger partial charge is 0.0196 e. The van der Waals surface area contributed by atoms with Gasteiger partial charge in [0, 0.05) is 12.6 Å². The summed E-state index contributed by atoms with van der Waals surface area (Å²) >= 11 is 0. The molecule has 1 rings (SSSR count). The van der Waals surface area contributed by atoms with Gasteiger partial charge in [0.2, 0.25) is 0 Å². The molecule has 0 aliphatic heterocycles. The van der Waals surface area contributed by atoms with Gasteiger partial charge in [-0.1, -0.05) is 13.8 Å². The maximum atomic E-state index is 5.99. The van der Waals surface area contributed by atoms with E-state index >= 15 is 0 Å². The first kappa shape index (κ1) is 9.01. The second-order valence-corrected chi connectivity index (χ2v) is 3.49. The highest BCUT2D eigenvalue weighted by atomic mass is 15.1. The Morgan fingerprint density at radius 1 is 1.36 bits per heavy atom. The van der Waals surface area contributed by atoms with Crippen molar-refractivity contribution in [2.24, 2.45) is 11.7 Å². The lowest BCUT2D eigenvalue weighted by Gasteiger charge is -2.22. The predicted octanol–water partition coefficient (Wildman–Crippen LogP) is 1.07. The molecule has 0 heterocycles. The van der Waals surface area contributed by atoms with Crippen molar-refractivity contribution in [2.75, 3.05) is 19.6 Å². The van der Waals surface area contributed by atoms with Crippen LogP contribution >= 0.6 is 0 Å². The van der Waals surface area contributed by atoms with Crippen molar-refractivity contribution in [1.29, 1.82) is 0 Å². The van der Waals surface area contributed by atoms with Crippen LogP contribution in [0.5, 0.6) is 0 Å². The molecule has 0 aromatic heterocycles. The van der Waals surface area contributed by atoms with Crippen LogP contribution in [0, 0.1) is 5.92 Å². The van der Waals surface area contributed by atoms with Crippen LogP contribution in [0.25, 0.3) is 0 Å². The number of hydrogen-bond donors (Lipinski definition) is 1. The van der Waals surface area contributed by atoms with Crippen LogP contribution in [-0.2, 0) is 0 Å². The van der Waals surface area contributed by atoms with E-state index in [4.69, 9.17) is 5.73 Å². The summed E-state index contributed by atoms with van der Waals surface area (Å²) in [6.45, 7) is 7.76. The van der Waals surface area contributed by atoms with E-state index < -0.39 is 0 Å². The summed E-state index contributed by atoms with van der Waals surface area (Å²) in [6.07, 6.45) is 2.73. The van der Waals surface area contributed by atoms with E-state index in [1.165, 1.54) is 12.8 Å².